The lowest BCUT2D eigenvalue weighted by Gasteiger charge is -2.11. The third kappa shape index (κ3) is 6.91. The van der Waals surface area contributed by atoms with Crippen molar-refractivity contribution < 1.29 is 28.2 Å². The number of benzene rings is 3. The number of nitrogens with one attached hydrogen (secondary N) is 2. The van der Waals surface area contributed by atoms with Crippen LogP contribution in [0.15, 0.2) is 72.3 Å². The van der Waals surface area contributed by atoms with Gasteiger partial charge < -0.3 is 20.1 Å². The first-order valence-corrected chi connectivity index (χ1v) is 10.8. The third-order valence-electron chi connectivity index (χ3n) is 4.71. The van der Waals surface area contributed by atoms with E-state index in [0.29, 0.717) is 16.3 Å². The van der Waals surface area contributed by atoms with Crippen LogP contribution >= 0.6 is 11.6 Å². The standard InChI is InChI=1S/C26H19ClFN3O5/c1-35-26(34)16-6-9-20(10-7-16)30-25(33)18(14-29)12-17-13-19(27)8-11-23(17)36-15-24(32)31-22-5-3-2-4-21(22)28/h2-13H,15H2,1H3,(H,30,33)(H,31,32)/b18-12-. The molecule has 36 heavy (non-hydrogen) atoms. The van der Waals surface area contributed by atoms with Gasteiger partial charge in [0.1, 0.15) is 23.2 Å². The summed E-state index contributed by atoms with van der Waals surface area (Å²) in [4.78, 5) is 36.4. The van der Waals surface area contributed by atoms with Crippen LogP contribution in [0.5, 0.6) is 5.75 Å². The number of halogens is 2. The Kier molecular flexibility index (Phi) is 8.75. The van der Waals surface area contributed by atoms with E-state index in [1.54, 1.807) is 6.07 Å². The van der Waals surface area contributed by atoms with Crippen molar-refractivity contribution in [1.29, 1.82) is 5.26 Å². The van der Waals surface area contributed by atoms with Crippen LogP contribution in [0.4, 0.5) is 15.8 Å². The molecule has 0 aliphatic carbocycles. The second kappa shape index (κ2) is 12.1. The van der Waals surface area contributed by atoms with Crippen LogP contribution in [0.1, 0.15) is 15.9 Å². The molecule has 0 aromatic heterocycles. The van der Waals surface area contributed by atoms with Gasteiger partial charge >= 0.3 is 5.97 Å². The fourth-order valence-corrected chi connectivity index (χ4v) is 3.15. The monoisotopic (exact) mass is 507 g/mol. The molecule has 0 saturated carbocycles. The largest absolute Gasteiger partial charge is 0.483 e. The number of para-hydroxylation sites is 1. The molecule has 0 bridgehead atoms. The van der Waals surface area contributed by atoms with Gasteiger partial charge in [-0.15, -0.1) is 0 Å². The summed E-state index contributed by atoms with van der Waals surface area (Å²) in [6.07, 6.45) is 1.26. The molecule has 2 N–H and O–H groups in total. The fourth-order valence-electron chi connectivity index (χ4n) is 2.97. The molecule has 0 radical (unpaired) electrons. The van der Waals surface area contributed by atoms with E-state index in [2.05, 4.69) is 15.4 Å². The fraction of sp³-hybridized carbons (Fsp3) is 0.0769. The quantitative estimate of drug-likeness (QED) is 0.256. The molecule has 0 heterocycles. The Balaban J connectivity index is 1.73. The van der Waals surface area contributed by atoms with Gasteiger partial charge in [-0.2, -0.15) is 5.26 Å². The Morgan fingerprint density at radius 1 is 1.06 bits per heavy atom. The molecule has 3 aromatic carbocycles. The molecule has 10 heteroatoms. The first-order valence-electron chi connectivity index (χ1n) is 10.4. The van der Waals surface area contributed by atoms with Crippen molar-refractivity contribution in [2.45, 2.75) is 0 Å². The maximum Gasteiger partial charge on any atom is 0.337 e. The molecular formula is C26H19ClFN3O5. The summed E-state index contributed by atoms with van der Waals surface area (Å²) in [6.45, 7) is -0.461. The highest BCUT2D eigenvalue weighted by atomic mass is 35.5. The van der Waals surface area contributed by atoms with E-state index < -0.39 is 30.2 Å². The molecule has 3 rings (SSSR count). The number of hydrogen-bond donors (Lipinski definition) is 2. The Morgan fingerprint density at radius 3 is 2.44 bits per heavy atom. The van der Waals surface area contributed by atoms with Gasteiger partial charge in [0.25, 0.3) is 11.8 Å². The maximum atomic E-state index is 13.7. The third-order valence-corrected chi connectivity index (χ3v) is 4.94. The molecule has 0 unspecified atom stereocenters. The van der Waals surface area contributed by atoms with Crippen molar-refractivity contribution in [2.75, 3.05) is 24.4 Å². The number of carbonyl (C=O) groups is 3. The number of anilines is 2. The molecular weight excluding hydrogens is 489 g/mol. The number of amides is 2. The van der Waals surface area contributed by atoms with Gasteiger partial charge in [0, 0.05) is 16.3 Å². The minimum Gasteiger partial charge on any atom is -0.483 e. The molecule has 0 aliphatic rings. The zero-order chi connectivity index (χ0) is 26.1. The van der Waals surface area contributed by atoms with Crippen molar-refractivity contribution in [3.63, 3.8) is 0 Å². The van der Waals surface area contributed by atoms with Crippen LogP contribution in [-0.4, -0.2) is 31.5 Å². The summed E-state index contributed by atoms with van der Waals surface area (Å²) in [6, 6.07) is 17.8. The first kappa shape index (κ1) is 25.9. The van der Waals surface area contributed by atoms with E-state index in [1.807, 2.05) is 6.07 Å². The Morgan fingerprint density at radius 2 is 1.78 bits per heavy atom. The molecule has 0 atom stereocenters. The van der Waals surface area contributed by atoms with E-state index in [1.165, 1.54) is 73.8 Å². The van der Waals surface area contributed by atoms with Gasteiger partial charge in [-0.1, -0.05) is 23.7 Å². The van der Waals surface area contributed by atoms with E-state index in [9.17, 15) is 24.0 Å². The van der Waals surface area contributed by atoms with E-state index >= 15 is 0 Å². The van der Waals surface area contributed by atoms with Crippen LogP contribution in [0.3, 0.4) is 0 Å². The first-order chi connectivity index (χ1) is 17.3. The predicted molar refractivity (Wildman–Crippen MR) is 132 cm³/mol. The summed E-state index contributed by atoms with van der Waals surface area (Å²) >= 11 is 6.07. The van der Waals surface area contributed by atoms with Gasteiger partial charge in [0.2, 0.25) is 0 Å². The summed E-state index contributed by atoms with van der Waals surface area (Å²) in [5.74, 6) is -2.27. The van der Waals surface area contributed by atoms with E-state index in [-0.39, 0.29) is 22.6 Å². The molecule has 3 aromatic rings. The Labute approximate surface area is 210 Å². The predicted octanol–water partition coefficient (Wildman–Crippen LogP) is 4.83. The van der Waals surface area contributed by atoms with E-state index in [0.717, 1.165) is 0 Å². The van der Waals surface area contributed by atoms with Crippen molar-refractivity contribution in [1.82, 2.24) is 0 Å². The highest BCUT2D eigenvalue weighted by molar-refractivity contribution is 6.30. The molecule has 182 valence electrons. The lowest BCUT2D eigenvalue weighted by Crippen LogP contribution is -2.21. The Bertz CT molecular complexity index is 1370. The second-order valence-corrected chi connectivity index (χ2v) is 7.63. The van der Waals surface area contributed by atoms with Crippen LogP contribution < -0.4 is 15.4 Å². The minimum atomic E-state index is -0.716. The zero-order valence-electron chi connectivity index (χ0n) is 18.9. The zero-order valence-corrected chi connectivity index (χ0v) is 19.6. The highest BCUT2D eigenvalue weighted by Crippen LogP contribution is 2.26. The SMILES string of the molecule is COC(=O)c1ccc(NC(=O)/C(C#N)=C\c2cc(Cl)ccc2OCC(=O)Nc2ccccc2F)cc1. The lowest BCUT2D eigenvalue weighted by molar-refractivity contribution is -0.118. The van der Waals surface area contributed by atoms with Crippen molar-refractivity contribution in [3.05, 3.63) is 94.3 Å². The van der Waals surface area contributed by atoms with Crippen molar-refractivity contribution in [2.24, 2.45) is 0 Å². The van der Waals surface area contributed by atoms with Gasteiger partial charge in [0.15, 0.2) is 6.61 Å². The van der Waals surface area contributed by atoms with Crippen LogP contribution in [0.25, 0.3) is 6.08 Å². The summed E-state index contributed by atoms with van der Waals surface area (Å²) < 4.78 is 23.9. The van der Waals surface area contributed by atoms with Crippen LogP contribution in [-0.2, 0) is 14.3 Å². The van der Waals surface area contributed by atoms with Gasteiger partial charge in [-0.3, -0.25) is 9.59 Å². The second-order valence-electron chi connectivity index (χ2n) is 7.19. The smallest absolute Gasteiger partial charge is 0.337 e. The van der Waals surface area contributed by atoms with Crippen molar-refractivity contribution >= 4 is 46.8 Å². The minimum absolute atomic E-state index is 0.00498. The molecule has 0 fully saturated rings. The van der Waals surface area contributed by atoms with Gasteiger partial charge in [-0.05, 0) is 60.7 Å². The number of esters is 1. The lowest BCUT2D eigenvalue weighted by atomic mass is 10.1. The van der Waals surface area contributed by atoms with Gasteiger partial charge in [0.05, 0.1) is 18.4 Å². The normalized spacial score (nSPS) is 10.7. The highest BCUT2D eigenvalue weighted by Gasteiger charge is 2.14. The molecule has 2 amide bonds. The Hall–Kier alpha value is -4.68. The number of carbonyl (C=O) groups excluding carboxylic acids is 3. The van der Waals surface area contributed by atoms with Crippen LogP contribution in [0, 0.1) is 17.1 Å². The number of nitriles is 1. The average Bonchev–Trinajstić information content (AvgIpc) is 2.88. The molecule has 8 nitrogen and oxygen atoms in total. The topological polar surface area (TPSA) is 118 Å². The summed E-state index contributed by atoms with van der Waals surface area (Å²) in [7, 11) is 1.26. The summed E-state index contributed by atoms with van der Waals surface area (Å²) in [5.41, 5.74) is 0.654. The van der Waals surface area contributed by atoms with Gasteiger partial charge in [-0.25, -0.2) is 9.18 Å². The number of ether oxygens (including phenoxy) is 2. The number of methoxy groups -OCH3 is 1. The maximum absolute atomic E-state index is 13.7. The van der Waals surface area contributed by atoms with E-state index in [4.69, 9.17) is 16.3 Å². The molecule has 0 aliphatic heterocycles. The number of nitrogens with zero attached hydrogens (tertiary/aromatic N) is 1. The van der Waals surface area contributed by atoms with Crippen molar-refractivity contribution in [3.8, 4) is 11.8 Å². The van der Waals surface area contributed by atoms with Crippen LogP contribution in [0.2, 0.25) is 5.02 Å². The number of hydrogen-bond acceptors (Lipinski definition) is 6. The molecule has 0 saturated heterocycles. The molecule has 0 spiro atoms. The average molecular weight is 508 g/mol. The summed E-state index contributed by atoms with van der Waals surface area (Å²) in [5, 5.41) is 14.8. The number of rotatable bonds is 8.